The Balaban J connectivity index is 1.97. The third-order valence-corrected chi connectivity index (χ3v) is 3.59. The topological polar surface area (TPSA) is 55.2 Å². The van der Waals surface area contributed by atoms with Crippen molar-refractivity contribution in [3.63, 3.8) is 0 Å². The van der Waals surface area contributed by atoms with Crippen LogP contribution in [-0.2, 0) is 24.8 Å². The van der Waals surface area contributed by atoms with Crippen molar-refractivity contribution in [2.75, 3.05) is 4.90 Å². The van der Waals surface area contributed by atoms with Crippen LogP contribution < -0.4 is 4.90 Å². The van der Waals surface area contributed by atoms with Gasteiger partial charge in [0.1, 0.15) is 0 Å². The number of rotatable bonds is 3. The number of fused-ring (bicyclic) bond motifs is 1. The van der Waals surface area contributed by atoms with Crippen LogP contribution in [0.2, 0.25) is 0 Å². The number of Topliss-reactive ketones (excluding diaryl/α,β-unsaturated/α-hetero) is 1. The highest BCUT2D eigenvalue weighted by molar-refractivity contribution is 6.52. The van der Waals surface area contributed by atoms with Crippen LogP contribution in [0.4, 0.5) is 5.69 Å². The lowest BCUT2D eigenvalue weighted by atomic mass is 10.1. The normalized spacial score (nSPS) is 14.0. The number of carbonyl (C=O) groups excluding carboxylic acids is 2. The fourth-order valence-electron chi connectivity index (χ4n) is 2.46. The summed E-state index contributed by atoms with van der Waals surface area (Å²) < 4.78 is 1.76. The molecule has 0 unspecified atom stereocenters. The molecule has 3 rings (SSSR count). The molecule has 0 saturated carbocycles. The van der Waals surface area contributed by atoms with Gasteiger partial charge in [-0.3, -0.25) is 19.2 Å². The van der Waals surface area contributed by atoms with Gasteiger partial charge in [0.15, 0.2) is 0 Å². The molecule has 0 radical (unpaired) electrons. The molecule has 0 saturated heterocycles. The standard InChI is InChI=1S/C15H15N3O2/c1-3-10-8-11(17(2)16-10)9-18-13-7-5-4-6-12(13)14(19)15(18)20/h4-8H,3,9H2,1-2H3. The summed E-state index contributed by atoms with van der Waals surface area (Å²) in [4.78, 5) is 25.6. The number of nitrogens with zero attached hydrogens (tertiary/aromatic N) is 3. The van der Waals surface area contributed by atoms with Gasteiger partial charge in [-0.2, -0.15) is 5.10 Å². The van der Waals surface area contributed by atoms with E-state index >= 15 is 0 Å². The minimum absolute atomic E-state index is 0.366. The second-order valence-electron chi connectivity index (χ2n) is 4.84. The monoisotopic (exact) mass is 269 g/mol. The fourth-order valence-corrected chi connectivity index (χ4v) is 2.46. The van der Waals surface area contributed by atoms with Gasteiger partial charge in [0, 0.05) is 7.05 Å². The summed E-state index contributed by atoms with van der Waals surface area (Å²) in [6.07, 6.45) is 0.845. The second kappa shape index (κ2) is 4.59. The summed E-state index contributed by atoms with van der Waals surface area (Å²) in [6, 6.07) is 9.06. The third-order valence-electron chi connectivity index (χ3n) is 3.59. The van der Waals surface area contributed by atoms with Gasteiger partial charge in [-0.05, 0) is 24.6 Å². The van der Waals surface area contributed by atoms with Gasteiger partial charge in [-0.1, -0.05) is 19.1 Å². The zero-order valence-corrected chi connectivity index (χ0v) is 11.5. The molecular formula is C15H15N3O2. The highest BCUT2D eigenvalue weighted by Gasteiger charge is 2.35. The Bertz CT molecular complexity index is 703. The van der Waals surface area contributed by atoms with E-state index in [2.05, 4.69) is 5.10 Å². The number of ketones is 1. The molecule has 0 atom stereocenters. The van der Waals surface area contributed by atoms with Crippen LogP contribution in [0.3, 0.4) is 0 Å². The van der Waals surface area contributed by atoms with E-state index in [9.17, 15) is 9.59 Å². The van der Waals surface area contributed by atoms with Crippen LogP contribution in [-0.4, -0.2) is 21.5 Å². The Morgan fingerprint density at radius 3 is 2.65 bits per heavy atom. The molecule has 5 heteroatoms. The predicted molar refractivity (Wildman–Crippen MR) is 74.5 cm³/mol. The van der Waals surface area contributed by atoms with Crippen LogP contribution in [0.15, 0.2) is 30.3 Å². The number of hydrogen-bond acceptors (Lipinski definition) is 3. The van der Waals surface area contributed by atoms with E-state index in [4.69, 9.17) is 0 Å². The van der Waals surface area contributed by atoms with Crippen molar-refractivity contribution in [1.29, 1.82) is 0 Å². The number of para-hydroxylation sites is 1. The number of amides is 1. The second-order valence-corrected chi connectivity index (χ2v) is 4.84. The maximum Gasteiger partial charge on any atom is 0.299 e. The molecule has 0 fully saturated rings. The van der Waals surface area contributed by atoms with Gasteiger partial charge in [-0.25, -0.2) is 0 Å². The summed E-state index contributed by atoms with van der Waals surface area (Å²) >= 11 is 0. The van der Waals surface area contributed by atoms with Crippen LogP contribution in [0.5, 0.6) is 0 Å². The zero-order chi connectivity index (χ0) is 14.3. The highest BCUT2D eigenvalue weighted by Crippen LogP contribution is 2.29. The molecular weight excluding hydrogens is 254 g/mol. The first-order valence-corrected chi connectivity index (χ1v) is 6.59. The molecule has 1 aliphatic heterocycles. The molecule has 1 aromatic heterocycles. The van der Waals surface area contributed by atoms with Gasteiger partial charge in [-0.15, -0.1) is 0 Å². The van der Waals surface area contributed by atoms with Crippen molar-refractivity contribution in [1.82, 2.24) is 9.78 Å². The molecule has 0 bridgehead atoms. The average Bonchev–Trinajstić information content (AvgIpc) is 2.93. The molecule has 20 heavy (non-hydrogen) atoms. The summed E-state index contributed by atoms with van der Waals surface area (Å²) in [5.41, 5.74) is 3.06. The lowest BCUT2D eigenvalue weighted by Gasteiger charge is -2.16. The molecule has 0 aliphatic carbocycles. The SMILES string of the molecule is CCc1cc(CN2C(=O)C(=O)c3ccccc32)n(C)n1. The Kier molecular flexibility index (Phi) is 2.89. The number of anilines is 1. The summed E-state index contributed by atoms with van der Waals surface area (Å²) in [6.45, 7) is 2.40. The van der Waals surface area contributed by atoms with Crippen molar-refractivity contribution in [3.05, 3.63) is 47.3 Å². The maximum atomic E-state index is 12.1. The van der Waals surface area contributed by atoms with E-state index in [1.807, 2.05) is 26.1 Å². The zero-order valence-electron chi connectivity index (χ0n) is 11.5. The Labute approximate surface area is 116 Å². The molecule has 1 amide bonds. The predicted octanol–water partition coefficient (Wildman–Crippen LogP) is 1.71. The number of benzene rings is 1. The molecule has 0 spiro atoms. The lowest BCUT2D eigenvalue weighted by Crippen LogP contribution is -2.30. The van der Waals surface area contributed by atoms with Gasteiger partial charge in [0.25, 0.3) is 11.7 Å². The van der Waals surface area contributed by atoms with E-state index < -0.39 is 11.7 Å². The van der Waals surface area contributed by atoms with E-state index in [1.165, 1.54) is 4.90 Å². The van der Waals surface area contributed by atoms with Crippen molar-refractivity contribution in [2.45, 2.75) is 19.9 Å². The Morgan fingerprint density at radius 1 is 1.20 bits per heavy atom. The molecule has 1 aliphatic rings. The molecule has 0 N–H and O–H groups in total. The number of aryl methyl sites for hydroxylation is 2. The third kappa shape index (κ3) is 1.82. The largest absolute Gasteiger partial charge is 0.299 e. The number of carbonyl (C=O) groups is 2. The molecule has 102 valence electrons. The van der Waals surface area contributed by atoms with E-state index in [0.717, 1.165) is 17.8 Å². The van der Waals surface area contributed by atoms with E-state index in [0.29, 0.717) is 17.8 Å². The van der Waals surface area contributed by atoms with E-state index in [1.54, 1.807) is 22.9 Å². The van der Waals surface area contributed by atoms with Crippen molar-refractivity contribution in [2.24, 2.45) is 7.05 Å². The van der Waals surface area contributed by atoms with Crippen molar-refractivity contribution >= 4 is 17.4 Å². The molecule has 1 aromatic carbocycles. The van der Waals surface area contributed by atoms with Crippen LogP contribution in [0, 0.1) is 0 Å². The quantitative estimate of drug-likeness (QED) is 0.797. The maximum absolute atomic E-state index is 12.1. The number of aromatic nitrogens is 2. The Hall–Kier alpha value is -2.43. The minimum Gasteiger partial charge on any atom is -0.299 e. The average molecular weight is 269 g/mol. The van der Waals surface area contributed by atoms with Crippen LogP contribution >= 0.6 is 0 Å². The van der Waals surface area contributed by atoms with Crippen molar-refractivity contribution in [3.8, 4) is 0 Å². The van der Waals surface area contributed by atoms with E-state index in [-0.39, 0.29) is 0 Å². The first-order valence-electron chi connectivity index (χ1n) is 6.59. The minimum atomic E-state index is -0.467. The van der Waals surface area contributed by atoms with Gasteiger partial charge < -0.3 is 0 Å². The highest BCUT2D eigenvalue weighted by atomic mass is 16.2. The number of hydrogen-bond donors (Lipinski definition) is 0. The van der Waals surface area contributed by atoms with Gasteiger partial charge in [0.2, 0.25) is 0 Å². The lowest BCUT2D eigenvalue weighted by molar-refractivity contribution is -0.114. The van der Waals surface area contributed by atoms with Crippen molar-refractivity contribution < 1.29 is 9.59 Å². The Morgan fingerprint density at radius 2 is 1.95 bits per heavy atom. The summed E-state index contributed by atoms with van der Waals surface area (Å²) in [7, 11) is 1.85. The summed E-state index contributed by atoms with van der Waals surface area (Å²) in [5, 5.41) is 4.36. The van der Waals surface area contributed by atoms with Gasteiger partial charge >= 0.3 is 0 Å². The molecule has 2 aromatic rings. The smallest absolute Gasteiger partial charge is 0.299 e. The van der Waals surface area contributed by atoms with Gasteiger partial charge in [0.05, 0.1) is 29.2 Å². The molecule has 2 heterocycles. The van der Waals surface area contributed by atoms with Crippen LogP contribution in [0.25, 0.3) is 0 Å². The molecule has 5 nitrogen and oxygen atoms in total. The van der Waals surface area contributed by atoms with Crippen LogP contribution in [0.1, 0.15) is 28.7 Å². The first kappa shape index (κ1) is 12.6. The summed E-state index contributed by atoms with van der Waals surface area (Å²) in [5.74, 6) is -0.899. The first-order chi connectivity index (χ1) is 9.61. The fraction of sp³-hybridized carbons (Fsp3) is 0.267.